The van der Waals surface area contributed by atoms with Crippen molar-refractivity contribution in [1.29, 1.82) is 0 Å². The Kier molecular flexibility index (Phi) is 6.56. The van der Waals surface area contributed by atoms with Gasteiger partial charge in [-0.2, -0.15) is 12.6 Å². The minimum Gasteiger partial charge on any atom is -0.496 e. The van der Waals surface area contributed by atoms with Gasteiger partial charge < -0.3 is 23.5 Å². The molecule has 3 aromatic rings. The SMILES string of the molecule is COC(=O)c1ccc(C(S)(Cn2ccnc2)c2c(OC)cc(OC)cc2OC)cc1. The van der Waals surface area contributed by atoms with Gasteiger partial charge in [0.1, 0.15) is 17.2 Å². The minimum absolute atomic E-state index is 0.402. The molecular weight excluding hydrogens is 404 g/mol. The van der Waals surface area contributed by atoms with Gasteiger partial charge in [-0.05, 0) is 17.7 Å². The molecule has 1 heterocycles. The Morgan fingerprint density at radius 3 is 2.13 bits per heavy atom. The van der Waals surface area contributed by atoms with Crippen LogP contribution in [0.1, 0.15) is 21.5 Å². The Hall–Kier alpha value is -3.13. The number of rotatable bonds is 8. The molecule has 158 valence electrons. The summed E-state index contributed by atoms with van der Waals surface area (Å²) in [6, 6.07) is 10.7. The lowest BCUT2D eigenvalue weighted by Gasteiger charge is -2.33. The number of hydrogen-bond donors (Lipinski definition) is 1. The standard InChI is InChI=1S/C22H24N2O5S/c1-26-17-11-18(27-2)20(19(12-17)28-3)22(30,13-24-10-9-23-14-24)16-7-5-15(6-8-16)21(25)29-4/h5-12,14,30H,13H2,1-4H3. The number of nitrogens with zero attached hydrogens (tertiary/aromatic N) is 2. The van der Waals surface area contributed by atoms with Crippen LogP contribution in [-0.4, -0.2) is 44.0 Å². The van der Waals surface area contributed by atoms with Crippen molar-refractivity contribution in [3.05, 3.63) is 71.8 Å². The van der Waals surface area contributed by atoms with Gasteiger partial charge in [0.05, 0.1) is 50.6 Å². The van der Waals surface area contributed by atoms with E-state index in [0.717, 1.165) is 11.1 Å². The molecule has 3 rings (SSSR count). The number of thiol groups is 1. The maximum absolute atomic E-state index is 11.9. The number of benzene rings is 2. The summed E-state index contributed by atoms with van der Waals surface area (Å²) < 4.78 is 22.6. The third kappa shape index (κ3) is 4.09. The van der Waals surface area contributed by atoms with E-state index < -0.39 is 10.7 Å². The Morgan fingerprint density at radius 1 is 1.03 bits per heavy atom. The lowest BCUT2D eigenvalue weighted by Crippen LogP contribution is -2.28. The second-order valence-electron chi connectivity index (χ2n) is 6.57. The van der Waals surface area contributed by atoms with Crippen molar-refractivity contribution >= 4 is 18.6 Å². The second-order valence-corrected chi connectivity index (χ2v) is 7.33. The summed E-state index contributed by atoms with van der Waals surface area (Å²) >= 11 is 5.14. The van der Waals surface area contributed by atoms with Crippen molar-refractivity contribution < 1.29 is 23.7 Å². The highest BCUT2D eigenvalue weighted by molar-refractivity contribution is 7.81. The zero-order chi connectivity index (χ0) is 21.7. The maximum Gasteiger partial charge on any atom is 0.337 e. The molecular formula is C22H24N2O5S. The third-order valence-corrected chi connectivity index (χ3v) is 5.51. The van der Waals surface area contributed by atoms with E-state index >= 15 is 0 Å². The Morgan fingerprint density at radius 2 is 1.67 bits per heavy atom. The van der Waals surface area contributed by atoms with E-state index in [4.69, 9.17) is 31.6 Å². The molecule has 0 saturated heterocycles. The van der Waals surface area contributed by atoms with Crippen molar-refractivity contribution in [3.63, 3.8) is 0 Å². The lowest BCUT2D eigenvalue weighted by atomic mass is 9.87. The fourth-order valence-corrected chi connectivity index (χ4v) is 3.91. The van der Waals surface area contributed by atoms with Crippen molar-refractivity contribution in [1.82, 2.24) is 9.55 Å². The topological polar surface area (TPSA) is 71.8 Å². The summed E-state index contributed by atoms with van der Waals surface area (Å²) in [6.07, 6.45) is 5.28. The van der Waals surface area contributed by atoms with E-state index in [-0.39, 0.29) is 0 Å². The van der Waals surface area contributed by atoms with Crippen LogP contribution in [0.25, 0.3) is 0 Å². The van der Waals surface area contributed by atoms with Crippen LogP contribution in [0.3, 0.4) is 0 Å². The average Bonchev–Trinajstić information content (AvgIpc) is 3.30. The number of methoxy groups -OCH3 is 4. The fourth-order valence-electron chi connectivity index (χ4n) is 3.37. The van der Waals surface area contributed by atoms with Crippen LogP contribution in [0.15, 0.2) is 55.1 Å². The Balaban J connectivity index is 2.22. The lowest BCUT2D eigenvalue weighted by molar-refractivity contribution is 0.0600. The van der Waals surface area contributed by atoms with Gasteiger partial charge >= 0.3 is 5.97 Å². The van der Waals surface area contributed by atoms with Crippen LogP contribution in [-0.2, 0) is 16.0 Å². The molecule has 0 saturated carbocycles. The quantitative estimate of drug-likeness (QED) is 0.437. The number of carbonyl (C=O) groups excluding carboxylic acids is 1. The van der Waals surface area contributed by atoms with E-state index in [2.05, 4.69) is 4.98 Å². The molecule has 1 unspecified atom stereocenters. The molecule has 0 fully saturated rings. The molecule has 30 heavy (non-hydrogen) atoms. The van der Waals surface area contributed by atoms with Gasteiger partial charge in [-0.1, -0.05) is 12.1 Å². The zero-order valence-electron chi connectivity index (χ0n) is 17.3. The van der Waals surface area contributed by atoms with Gasteiger partial charge in [0.25, 0.3) is 0 Å². The molecule has 0 amide bonds. The fraction of sp³-hybridized carbons (Fsp3) is 0.273. The summed E-state index contributed by atoms with van der Waals surface area (Å²) in [5, 5.41) is 0. The van der Waals surface area contributed by atoms with Crippen LogP contribution >= 0.6 is 12.6 Å². The summed E-state index contributed by atoms with van der Waals surface area (Å²) in [5.74, 6) is 1.34. The summed E-state index contributed by atoms with van der Waals surface area (Å²) in [5.41, 5.74) is 2.03. The number of esters is 1. The number of hydrogen-bond acceptors (Lipinski definition) is 7. The van der Waals surface area contributed by atoms with Gasteiger partial charge in [-0.15, -0.1) is 0 Å². The zero-order valence-corrected chi connectivity index (χ0v) is 18.2. The highest BCUT2D eigenvalue weighted by Gasteiger charge is 2.37. The molecule has 0 N–H and O–H groups in total. The van der Waals surface area contributed by atoms with Gasteiger partial charge in [0.2, 0.25) is 0 Å². The molecule has 8 heteroatoms. The van der Waals surface area contributed by atoms with Crippen LogP contribution < -0.4 is 14.2 Å². The predicted molar refractivity (Wildman–Crippen MR) is 116 cm³/mol. The Labute approximate surface area is 181 Å². The van der Waals surface area contributed by atoms with Gasteiger partial charge in [-0.25, -0.2) is 9.78 Å². The molecule has 0 aliphatic carbocycles. The summed E-state index contributed by atoms with van der Waals surface area (Å²) in [6.45, 7) is 0.437. The van der Waals surface area contributed by atoms with Gasteiger partial charge in [0.15, 0.2) is 0 Å². The average molecular weight is 429 g/mol. The molecule has 1 aromatic heterocycles. The number of carbonyl (C=O) groups is 1. The van der Waals surface area contributed by atoms with Gasteiger partial charge in [0, 0.05) is 31.1 Å². The smallest absolute Gasteiger partial charge is 0.337 e. The maximum atomic E-state index is 11.9. The van der Waals surface area contributed by atoms with E-state index in [1.807, 2.05) is 22.9 Å². The molecule has 0 aliphatic heterocycles. The number of imidazole rings is 1. The first kappa shape index (κ1) is 21.6. The summed E-state index contributed by atoms with van der Waals surface area (Å²) in [4.78, 5) is 16.0. The van der Waals surface area contributed by atoms with Crippen LogP contribution in [0.4, 0.5) is 0 Å². The van der Waals surface area contributed by atoms with Crippen molar-refractivity contribution in [2.24, 2.45) is 0 Å². The molecule has 0 aliphatic rings. The van der Waals surface area contributed by atoms with E-state index in [1.54, 1.807) is 58.1 Å². The van der Waals surface area contributed by atoms with Crippen molar-refractivity contribution in [2.45, 2.75) is 11.3 Å². The minimum atomic E-state index is -0.877. The first-order valence-corrected chi connectivity index (χ1v) is 9.59. The van der Waals surface area contributed by atoms with E-state index in [0.29, 0.717) is 29.4 Å². The molecule has 2 aromatic carbocycles. The number of aromatic nitrogens is 2. The van der Waals surface area contributed by atoms with Crippen LogP contribution in [0.5, 0.6) is 17.2 Å². The predicted octanol–water partition coefficient (Wildman–Crippen LogP) is 3.57. The monoisotopic (exact) mass is 428 g/mol. The molecule has 0 radical (unpaired) electrons. The largest absolute Gasteiger partial charge is 0.496 e. The van der Waals surface area contributed by atoms with Gasteiger partial charge in [-0.3, -0.25) is 0 Å². The highest BCUT2D eigenvalue weighted by atomic mass is 32.1. The van der Waals surface area contributed by atoms with E-state index in [9.17, 15) is 4.79 Å². The third-order valence-electron chi connectivity index (χ3n) is 4.88. The first-order valence-electron chi connectivity index (χ1n) is 9.14. The first-order chi connectivity index (χ1) is 14.5. The van der Waals surface area contributed by atoms with E-state index in [1.165, 1.54) is 7.11 Å². The second kappa shape index (κ2) is 9.13. The van der Waals surface area contributed by atoms with Crippen LogP contribution in [0, 0.1) is 0 Å². The molecule has 1 atom stereocenters. The molecule has 0 bridgehead atoms. The Bertz CT molecular complexity index is 980. The highest BCUT2D eigenvalue weighted by Crippen LogP contribution is 2.48. The van der Waals surface area contributed by atoms with Crippen molar-refractivity contribution in [3.8, 4) is 17.2 Å². The van der Waals surface area contributed by atoms with Crippen LogP contribution in [0.2, 0.25) is 0 Å². The number of ether oxygens (including phenoxy) is 4. The van der Waals surface area contributed by atoms with Crippen molar-refractivity contribution in [2.75, 3.05) is 28.4 Å². The molecule has 0 spiro atoms. The normalized spacial score (nSPS) is 12.7. The molecule has 7 nitrogen and oxygen atoms in total. The summed E-state index contributed by atoms with van der Waals surface area (Å²) in [7, 11) is 6.11.